The molecule has 7 nitrogen and oxygen atoms in total. The van der Waals surface area contributed by atoms with Crippen LogP contribution in [0.25, 0.3) is 5.69 Å². The zero-order valence-corrected chi connectivity index (χ0v) is 15.6. The molecule has 0 saturated carbocycles. The first-order valence-corrected chi connectivity index (χ1v) is 9.09. The molecular formula is C15H10BrClN4O3S. The molecule has 0 aliphatic carbocycles. The van der Waals surface area contributed by atoms with E-state index < -0.39 is 17.2 Å². The van der Waals surface area contributed by atoms with Crippen LogP contribution in [0.4, 0.5) is 5.13 Å². The number of carbonyl (C=O) groups is 1. The summed E-state index contributed by atoms with van der Waals surface area (Å²) in [7, 11) is 0. The summed E-state index contributed by atoms with van der Waals surface area (Å²) in [5.41, 5.74) is 0.236. The number of hydrogen-bond donors (Lipinski definition) is 2. The van der Waals surface area contributed by atoms with Crippen molar-refractivity contribution >= 4 is 49.9 Å². The first-order valence-electron chi connectivity index (χ1n) is 6.89. The van der Waals surface area contributed by atoms with Crippen molar-refractivity contribution in [2.24, 2.45) is 0 Å². The van der Waals surface area contributed by atoms with Crippen molar-refractivity contribution in [3.05, 3.63) is 61.9 Å². The number of aromatic hydroxyl groups is 1. The van der Waals surface area contributed by atoms with Gasteiger partial charge in [0.2, 0.25) is 0 Å². The van der Waals surface area contributed by atoms with E-state index in [1.54, 1.807) is 29.6 Å². The fourth-order valence-corrected chi connectivity index (χ4v) is 3.16. The molecule has 3 rings (SSSR count). The molecule has 2 aromatic heterocycles. The summed E-state index contributed by atoms with van der Waals surface area (Å²) in [6.07, 6.45) is 0. The van der Waals surface area contributed by atoms with E-state index >= 15 is 0 Å². The molecule has 1 amide bonds. The second kappa shape index (κ2) is 7.34. The monoisotopic (exact) mass is 440 g/mol. The highest BCUT2D eigenvalue weighted by Crippen LogP contribution is 2.20. The third kappa shape index (κ3) is 3.89. The van der Waals surface area contributed by atoms with Crippen LogP contribution in [0.15, 0.2) is 45.0 Å². The van der Waals surface area contributed by atoms with Crippen LogP contribution >= 0.6 is 38.9 Å². The topological polar surface area (TPSA) is 97.1 Å². The Labute approximate surface area is 159 Å². The maximum atomic E-state index is 12.4. The summed E-state index contributed by atoms with van der Waals surface area (Å²) in [6, 6.07) is 7.73. The molecule has 2 heterocycles. The van der Waals surface area contributed by atoms with Crippen LogP contribution in [-0.4, -0.2) is 25.8 Å². The summed E-state index contributed by atoms with van der Waals surface area (Å²) in [4.78, 5) is 28.5. The number of aromatic nitrogens is 3. The third-order valence-electron chi connectivity index (χ3n) is 3.11. The predicted octanol–water partition coefficient (Wildman–Crippen LogP) is 3.15. The van der Waals surface area contributed by atoms with Crippen molar-refractivity contribution < 1.29 is 9.90 Å². The van der Waals surface area contributed by atoms with Gasteiger partial charge in [0.25, 0.3) is 11.5 Å². The van der Waals surface area contributed by atoms with Crippen molar-refractivity contribution in [1.29, 1.82) is 0 Å². The van der Waals surface area contributed by atoms with Crippen LogP contribution in [0.1, 0.15) is 16.2 Å². The minimum absolute atomic E-state index is 0.227. The van der Waals surface area contributed by atoms with Crippen LogP contribution in [0.3, 0.4) is 0 Å². The first-order chi connectivity index (χ1) is 12.0. The van der Waals surface area contributed by atoms with Crippen LogP contribution < -0.4 is 10.9 Å². The van der Waals surface area contributed by atoms with E-state index in [0.29, 0.717) is 16.5 Å². The van der Waals surface area contributed by atoms with Gasteiger partial charge in [0.15, 0.2) is 16.6 Å². The van der Waals surface area contributed by atoms with Gasteiger partial charge in [-0.25, -0.2) is 4.98 Å². The van der Waals surface area contributed by atoms with Gasteiger partial charge >= 0.3 is 0 Å². The Balaban J connectivity index is 1.95. The lowest BCUT2D eigenvalue weighted by Gasteiger charge is -2.08. The van der Waals surface area contributed by atoms with Crippen LogP contribution in [-0.2, 0) is 5.88 Å². The molecule has 0 aliphatic heterocycles. The Bertz CT molecular complexity index is 987. The molecule has 2 N–H and O–H groups in total. The second-order valence-corrected chi connectivity index (χ2v) is 6.88. The number of halogens is 2. The van der Waals surface area contributed by atoms with Gasteiger partial charge in [-0.05, 0) is 24.3 Å². The molecule has 128 valence electrons. The number of thiazole rings is 1. The van der Waals surface area contributed by atoms with Gasteiger partial charge in [0, 0.05) is 15.9 Å². The Morgan fingerprint density at radius 1 is 1.36 bits per heavy atom. The highest BCUT2D eigenvalue weighted by atomic mass is 79.9. The number of anilines is 1. The van der Waals surface area contributed by atoms with Crippen molar-refractivity contribution in [1.82, 2.24) is 14.8 Å². The molecule has 0 saturated heterocycles. The largest absolute Gasteiger partial charge is 0.505 e. The van der Waals surface area contributed by atoms with E-state index in [1.165, 1.54) is 11.3 Å². The number of alkyl halides is 1. The minimum atomic E-state index is -0.682. The molecule has 0 fully saturated rings. The van der Waals surface area contributed by atoms with Gasteiger partial charge in [0.1, 0.15) is 0 Å². The summed E-state index contributed by atoms with van der Waals surface area (Å²) in [5.74, 6) is -0.964. The Morgan fingerprint density at radius 2 is 2.08 bits per heavy atom. The SMILES string of the molecule is O=C(Nc1nc(CCl)cs1)c1nn(-c2ccc(Br)cc2)c(=O)cc1O. The van der Waals surface area contributed by atoms with Crippen LogP contribution in [0, 0.1) is 0 Å². The summed E-state index contributed by atoms with van der Waals surface area (Å²) in [6.45, 7) is 0. The number of nitrogens with one attached hydrogen (secondary N) is 1. The second-order valence-electron chi connectivity index (χ2n) is 4.84. The normalized spacial score (nSPS) is 10.6. The van der Waals surface area contributed by atoms with Gasteiger partial charge in [-0.15, -0.1) is 22.9 Å². The lowest BCUT2D eigenvalue weighted by Crippen LogP contribution is -2.25. The van der Waals surface area contributed by atoms with Crippen molar-refractivity contribution in [3.63, 3.8) is 0 Å². The Hall–Kier alpha value is -2.23. The molecule has 0 bridgehead atoms. The summed E-state index contributed by atoms with van der Waals surface area (Å²) in [5, 5.41) is 18.5. The number of rotatable bonds is 4. The van der Waals surface area contributed by atoms with Gasteiger partial charge in [0.05, 0.1) is 17.3 Å². The molecule has 0 radical (unpaired) electrons. The number of nitrogens with zero attached hydrogens (tertiary/aromatic N) is 3. The molecule has 25 heavy (non-hydrogen) atoms. The van der Waals surface area contributed by atoms with E-state index in [2.05, 4.69) is 31.3 Å². The van der Waals surface area contributed by atoms with E-state index in [-0.39, 0.29) is 11.6 Å². The van der Waals surface area contributed by atoms with E-state index in [1.807, 2.05) is 0 Å². The zero-order chi connectivity index (χ0) is 18.0. The molecular weight excluding hydrogens is 432 g/mol. The molecule has 10 heteroatoms. The average molecular weight is 442 g/mol. The van der Waals surface area contributed by atoms with Crippen molar-refractivity contribution in [2.75, 3.05) is 5.32 Å². The number of amides is 1. The van der Waals surface area contributed by atoms with E-state index in [0.717, 1.165) is 15.2 Å². The van der Waals surface area contributed by atoms with Gasteiger partial charge in [-0.1, -0.05) is 15.9 Å². The van der Waals surface area contributed by atoms with Crippen molar-refractivity contribution in [3.8, 4) is 11.4 Å². The standard InChI is InChI=1S/C15H10BrClN4O3S/c16-8-1-3-10(4-2-8)21-12(23)5-11(22)13(20-21)14(24)19-15-18-9(6-17)7-25-15/h1-5,7,22H,6H2,(H,18,19,24). The number of hydrogen-bond acceptors (Lipinski definition) is 6. The fraction of sp³-hybridized carbons (Fsp3) is 0.0667. The van der Waals surface area contributed by atoms with E-state index in [9.17, 15) is 14.7 Å². The first kappa shape index (κ1) is 17.6. The van der Waals surface area contributed by atoms with Gasteiger partial charge < -0.3 is 5.11 Å². The minimum Gasteiger partial charge on any atom is -0.505 e. The number of benzene rings is 1. The molecule has 0 atom stereocenters. The smallest absolute Gasteiger partial charge is 0.281 e. The molecule has 3 aromatic rings. The Morgan fingerprint density at radius 3 is 2.72 bits per heavy atom. The highest BCUT2D eigenvalue weighted by molar-refractivity contribution is 9.10. The van der Waals surface area contributed by atoms with Crippen LogP contribution in [0.2, 0.25) is 0 Å². The Kier molecular flexibility index (Phi) is 5.16. The predicted molar refractivity (Wildman–Crippen MR) is 98.8 cm³/mol. The van der Waals surface area contributed by atoms with Gasteiger partial charge in [-0.3, -0.25) is 14.9 Å². The average Bonchev–Trinajstić information content (AvgIpc) is 3.03. The van der Waals surface area contributed by atoms with E-state index in [4.69, 9.17) is 11.6 Å². The maximum Gasteiger partial charge on any atom is 0.281 e. The van der Waals surface area contributed by atoms with Crippen molar-refractivity contribution in [2.45, 2.75) is 5.88 Å². The summed E-state index contributed by atoms with van der Waals surface area (Å²) >= 11 is 10.2. The molecule has 0 aliphatic rings. The highest BCUT2D eigenvalue weighted by Gasteiger charge is 2.18. The lowest BCUT2D eigenvalue weighted by atomic mass is 10.3. The quantitative estimate of drug-likeness (QED) is 0.606. The molecule has 1 aromatic carbocycles. The lowest BCUT2D eigenvalue weighted by molar-refractivity contribution is 0.101. The maximum absolute atomic E-state index is 12.4. The summed E-state index contributed by atoms with van der Waals surface area (Å²) < 4.78 is 1.87. The molecule has 0 unspecified atom stereocenters. The van der Waals surface area contributed by atoms with Gasteiger partial charge in [-0.2, -0.15) is 9.78 Å². The zero-order valence-electron chi connectivity index (χ0n) is 12.4. The fourth-order valence-electron chi connectivity index (χ4n) is 1.96. The third-order valence-corrected chi connectivity index (χ3v) is 4.72. The molecule has 0 spiro atoms. The number of carbonyl (C=O) groups excluding carboxylic acids is 1. The van der Waals surface area contributed by atoms with Crippen LogP contribution in [0.5, 0.6) is 5.75 Å².